The molecule has 1 aromatic carbocycles. The average Bonchev–Trinajstić information content (AvgIpc) is 2.61. The highest BCUT2D eigenvalue weighted by molar-refractivity contribution is 7.99. The Hall–Kier alpha value is -1.88. The predicted octanol–water partition coefficient (Wildman–Crippen LogP) is 2.05. The van der Waals surface area contributed by atoms with Gasteiger partial charge in [0.2, 0.25) is 0 Å². The number of hydrogen-bond acceptors (Lipinski definition) is 9. The quantitative estimate of drug-likeness (QED) is 0.514. The molecule has 11 heteroatoms. The van der Waals surface area contributed by atoms with Gasteiger partial charge < -0.3 is 24.7 Å². The van der Waals surface area contributed by atoms with E-state index in [1.54, 1.807) is 0 Å². The van der Waals surface area contributed by atoms with Crippen LogP contribution in [0.15, 0.2) is 23.1 Å². The second kappa shape index (κ2) is 10.2. The second-order valence-electron chi connectivity index (χ2n) is 6.26. The zero-order valence-electron chi connectivity index (χ0n) is 15.9. The van der Waals surface area contributed by atoms with E-state index >= 15 is 0 Å². The first-order chi connectivity index (χ1) is 13.6. The standard InChI is InChI=1S/C18H21ClFNO7S/c1-8(22)25-7-14-16(26-9(2)23)15(21)17(27-10(3)24)18(28-14)29-11-4-5-13(20)12(19)6-11/h4-6,14-18H,7,21H2,1-3H3. The lowest BCUT2D eigenvalue weighted by atomic mass is 9.97. The van der Waals surface area contributed by atoms with Gasteiger partial charge in [-0.3, -0.25) is 14.4 Å². The summed E-state index contributed by atoms with van der Waals surface area (Å²) in [6, 6.07) is 3.09. The van der Waals surface area contributed by atoms with Crippen molar-refractivity contribution >= 4 is 41.3 Å². The predicted molar refractivity (Wildman–Crippen MR) is 102 cm³/mol. The van der Waals surface area contributed by atoms with Crippen molar-refractivity contribution in [3.63, 3.8) is 0 Å². The van der Waals surface area contributed by atoms with Gasteiger partial charge in [-0.1, -0.05) is 23.4 Å². The molecule has 1 fully saturated rings. The molecule has 1 saturated heterocycles. The van der Waals surface area contributed by atoms with E-state index in [9.17, 15) is 18.8 Å². The zero-order chi connectivity index (χ0) is 21.7. The van der Waals surface area contributed by atoms with Crippen molar-refractivity contribution in [3.8, 4) is 0 Å². The smallest absolute Gasteiger partial charge is 0.303 e. The van der Waals surface area contributed by atoms with E-state index in [2.05, 4.69) is 0 Å². The molecule has 0 saturated carbocycles. The molecule has 2 rings (SSSR count). The summed E-state index contributed by atoms with van der Waals surface area (Å²) in [6.07, 6.45) is -2.93. The molecule has 29 heavy (non-hydrogen) atoms. The van der Waals surface area contributed by atoms with Crippen LogP contribution in [0.25, 0.3) is 0 Å². The topological polar surface area (TPSA) is 114 Å². The van der Waals surface area contributed by atoms with Crippen LogP contribution < -0.4 is 5.73 Å². The minimum Gasteiger partial charge on any atom is -0.463 e. The van der Waals surface area contributed by atoms with Crippen LogP contribution in [0.1, 0.15) is 20.8 Å². The van der Waals surface area contributed by atoms with E-state index in [0.29, 0.717) is 4.90 Å². The van der Waals surface area contributed by atoms with Crippen molar-refractivity contribution < 1.29 is 37.7 Å². The molecule has 5 atom stereocenters. The highest BCUT2D eigenvalue weighted by Crippen LogP contribution is 2.36. The minimum atomic E-state index is -1.02. The maximum Gasteiger partial charge on any atom is 0.303 e. The van der Waals surface area contributed by atoms with Crippen molar-refractivity contribution in [1.29, 1.82) is 0 Å². The largest absolute Gasteiger partial charge is 0.463 e. The number of rotatable bonds is 6. The van der Waals surface area contributed by atoms with E-state index in [-0.39, 0.29) is 11.6 Å². The fourth-order valence-electron chi connectivity index (χ4n) is 2.73. The molecule has 0 aromatic heterocycles. The van der Waals surface area contributed by atoms with Crippen LogP contribution in [0.4, 0.5) is 4.39 Å². The first-order valence-corrected chi connectivity index (χ1v) is 9.84. The number of ether oxygens (including phenoxy) is 4. The SMILES string of the molecule is CC(=O)OCC1OC(Sc2ccc(F)c(Cl)c2)C(OC(C)=O)C(N)C1OC(C)=O. The van der Waals surface area contributed by atoms with Crippen molar-refractivity contribution in [2.75, 3.05) is 6.61 Å². The molecule has 1 aromatic rings. The van der Waals surface area contributed by atoms with Gasteiger partial charge in [0.1, 0.15) is 30.1 Å². The molecule has 0 bridgehead atoms. The van der Waals surface area contributed by atoms with Crippen molar-refractivity contribution in [2.45, 2.75) is 55.5 Å². The van der Waals surface area contributed by atoms with Crippen molar-refractivity contribution in [2.24, 2.45) is 5.73 Å². The highest BCUT2D eigenvalue weighted by atomic mass is 35.5. The number of nitrogens with two attached hydrogens (primary N) is 1. The summed E-state index contributed by atoms with van der Waals surface area (Å²) < 4.78 is 34.9. The normalized spacial score (nSPS) is 26.5. The fourth-order valence-corrected chi connectivity index (χ4v) is 4.14. The van der Waals surface area contributed by atoms with E-state index in [0.717, 1.165) is 11.8 Å². The van der Waals surface area contributed by atoms with Crippen LogP contribution in [-0.2, 0) is 33.3 Å². The molecule has 8 nitrogen and oxygen atoms in total. The van der Waals surface area contributed by atoms with E-state index in [1.807, 2.05) is 0 Å². The van der Waals surface area contributed by atoms with Gasteiger partial charge in [0.05, 0.1) is 11.1 Å². The Balaban J connectivity index is 2.31. The van der Waals surface area contributed by atoms with E-state index in [1.165, 1.54) is 39.0 Å². The molecule has 1 aliphatic heterocycles. The minimum absolute atomic E-state index is 0.0894. The average molecular weight is 450 g/mol. The van der Waals surface area contributed by atoms with Crippen LogP contribution in [0, 0.1) is 5.82 Å². The maximum atomic E-state index is 13.4. The molecule has 0 aliphatic carbocycles. The van der Waals surface area contributed by atoms with Gasteiger partial charge in [0.25, 0.3) is 0 Å². The molecular formula is C18H21ClFNO7S. The second-order valence-corrected chi connectivity index (χ2v) is 7.84. The molecule has 0 spiro atoms. The van der Waals surface area contributed by atoms with Gasteiger partial charge in [-0.15, -0.1) is 0 Å². The Morgan fingerprint density at radius 3 is 2.31 bits per heavy atom. The lowest BCUT2D eigenvalue weighted by Crippen LogP contribution is -2.63. The molecule has 1 aliphatic rings. The molecule has 160 valence electrons. The lowest BCUT2D eigenvalue weighted by Gasteiger charge is -2.43. The summed E-state index contributed by atoms with van der Waals surface area (Å²) in [4.78, 5) is 34.8. The van der Waals surface area contributed by atoms with Crippen LogP contribution in [-0.4, -0.2) is 54.3 Å². The third-order valence-corrected chi connectivity index (χ3v) is 5.33. The number of hydrogen-bond donors (Lipinski definition) is 1. The Bertz CT molecular complexity index is 779. The summed E-state index contributed by atoms with van der Waals surface area (Å²) in [5.41, 5.74) is 5.38. The molecule has 1 heterocycles. The number of carbonyl (C=O) groups is 3. The van der Waals surface area contributed by atoms with Gasteiger partial charge in [0.15, 0.2) is 6.10 Å². The van der Waals surface area contributed by atoms with Crippen LogP contribution in [0.3, 0.4) is 0 Å². The Morgan fingerprint density at radius 1 is 1.14 bits per heavy atom. The summed E-state index contributed by atoms with van der Waals surface area (Å²) in [5, 5.41) is -0.0894. The molecule has 0 radical (unpaired) electrons. The third kappa shape index (κ3) is 6.56. The number of halogens is 2. The van der Waals surface area contributed by atoms with E-state index < -0.39 is 53.5 Å². The van der Waals surface area contributed by atoms with E-state index in [4.69, 9.17) is 36.3 Å². The third-order valence-electron chi connectivity index (χ3n) is 3.90. The Morgan fingerprint density at radius 2 is 1.76 bits per heavy atom. The first kappa shape index (κ1) is 23.4. The summed E-state index contributed by atoms with van der Waals surface area (Å²) in [7, 11) is 0. The van der Waals surface area contributed by atoms with Crippen molar-refractivity contribution in [1.82, 2.24) is 0 Å². The summed E-state index contributed by atoms with van der Waals surface area (Å²) >= 11 is 6.91. The number of esters is 3. The van der Waals surface area contributed by atoms with Gasteiger partial charge in [-0.2, -0.15) is 0 Å². The summed E-state index contributed by atoms with van der Waals surface area (Å²) in [5.74, 6) is -2.38. The molecular weight excluding hydrogens is 429 g/mol. The first-order valence-electron chi connectivity index (χ1n) is 8.59. The van der Waals surface area contributed by atoms with Gasteiger partial charge in [-0.25, -0.2) is 4.39 Å². The summed E-state index contributed by atoms with van der Waals surface area (Å²) in [6.45, 7) is 3.39. The maximum absolute atomic E-state index is 13.4. The van der Waals surface area contributed by atoms with Crippen LogP contribution in [0.2, 0.25) is 5.02 Å². The number of carbonyl (C=O) groups excluding carboxylic acids is 3. The fraction of sp³-hybridized carbons (Fsp3) is 0.500. The number of thioether (sulfide) groups is 1. The monoisotopic (exact) mass is 449 g/mol. The van der Waals surface area contributed by atoms with Gasteiger partial charge >= 0.3 is 17.9 Å². The number of benzene rings is 1. The van der Waals surface area contributed by atoms with Crippen LogP contribution in [0.5, 0.6) is 0 Å². The van der Waals surface area contributed by atoms with Crippen molar-refractivity contribution in [3.05, 3.63) is 29.0 Å². The van der Waals surface area contributed by atoms with Gasteiger partial charge in [0, 0.05) is 25.7 Å². The lowest BCUT2D eigenvalue weighted by molar-refractivity contribution is -0.201. The highest BCUT2D eigenvalue weighted by Gasteiger charge is 2.48. The van der Waals surface area contributed by atoms with Gasteiger partial charge in [-0.05, 0) is 18.2 Å². The molecule has 5 unspecified atom stereocenters. The zero-order valence-corrected chi connectivity index (χ0v) is 17.5. The molecule has 0 amide bonds. The van der Waals surface area contributed by atoms with Crippen LogP contribution >= 0.6 is 23.4 Å². The Labute approximate surface area is 176 Å². The Kier molecular flexibility index (Phi) is 8.26. The molecule has 2 N–H and O–H groups in total.